The van der Waals surface area contributed by atoms with Crippen LogP contribution in [0.1, 0.15) is 20.7 Å². The summed E-state index contributed by atoms with van der Waals surface area (Å²) in [6.07, 6.45) is 0. The topological polar surface area (TPSA) is 61.4 Å². The fourth-order valence-electron chi connectivity index (χ4n) is 2.08. The van der Waals surface area contributed by atoms with Crippen molar-refractivity contribution in [2.45, 2.75) is 0 Å². The van der Waals surface area contributed by atoms with E-state index in [4.69, 9.17) is 0 Å². The van der Waals surface area contributed by atoms with E-state index >= 15 is 0 Å². The van der Waals surface area contributed by atoms with E-state index in [0.717, 1.165) is 6.54 Å². The summed E-state index contributed by atoms with van der Waals surface area (Å²) in [5.74, 6) is -1.37. The first kappa shape index (κ1) is 17.6. The van der Waals surface area contributed by atoms with Crippen LogP contribution < -0.4 is 10.6 Å². The van der Waals surface area contributed by atoms with Crippen LogP contribution in [0.3, 0.4) is 0 Å². The molecule has 0 unspecified atom stereocenters. The summed E-state index contributed by atoms with van der Waals surface area (Å²) in [6.45, 7) is 1.26. The maximum Gasteiger partial charge on any atom is 0.258 e. The number of hydrogen-bond acceptors (Lipinski definition) is 3. The number of anilines is 1. The number of likely N-dealkylation sites (N-methyl/N-ethyl adjacent to an activating group) is 1. The number of hydrogen-bond donors (Lipinski definition) is 2. The zero-order valence-electron chi connectivity index (χ0n) is 13.7. The van der Waals surface area contributed by atoms with Gasteiger partial charge in [0.25, 0.3) is 11.8 Å². The largest absolute Gasteiger partial charge is 0.351 e. The Balaban J connectivity index is 2.03. The van der Waals surface area contributed by atoms with Crippen molar-refractivity contribution in [2.75, 3.05) is 32.5 Å². The van der Waals surface area contributed by atoms with E-state index in [1.54, 1.807) is 30.3 Å². The van der Waals surface area contributed by atoms with Gasteiger partial charge >= 0.3 is 0 Å². The first-order valence-corrected chi connectivity index (χ1v) is 7.56. The van der Waals surface area contributed by atoms with Crippen LogP contribution in [-0.2, 0) is 0 Å². The van der Waals surface area contributed by atoms with Gasteiger partial charge in [0.05, 0.1) is 5.56 Å². The van der Waals surface area contributed by atoms with E-state index in [9.17, 15) is 14.0 Å². The minimum Gasteiger partial charge on any atom is -0.351 e. The second kappa shape index (κ2) is 8.21. The molecule has 24 heavy (non-hydrogen) atoms. The van der Waals surface area contributed by atoms with Gasteiger partial charge in [-0.15, -0.1) is 0 Å². The van der Waals surface area contributed by atoms with Gasteiger partial charge in [0, 0.05) is 24.3 Å². The average molecular weight is 329 g/mol. The molecule has 2 rings (SSSR count). The molecule has 0 aromatic heterocycles. The van der Waals surface area contributed by atoms with Crippen LogP contribution in [0.4, 0.5) is 10.1 Å². The summed E-state index contributed by atoms with van der Waals surface area (Å²) in [6, 6.07) is 12.3. The highest BCUT2D eigenvalue weighted by molar-refractivity contribution is 6.05. The first-order chi connectivity index (χ1) is 11.5. The molecule has 0 aliphatic rings. The lowest BCUT2D eigenvalue weighted by Crippen LogP contribution is -2.31. The Labute approximate surface area is 140 Å². The second-order valence-electron chi connectivity index (χ2n) is 5.57. The molecule has 0 fully saturated rings. The smallest absolute Gasteiger partial charge is 0.258 e. The number of carbonyl (C=O) groups excluding carboxylic acids is 2. The Bertz CT molecular complexity index is 732. The second-order valence-corrected chi connectivity index (χ2v) is 5.57. The maximum absolute atomic E-state index is 13.6. The van der Waals surface area contributed by atoms with E-state index in [0.29, 0.717) is 17.8 Å². The molecule has 2 N–H and O–H groups in total. The zero-order valence-corrected chi connectivity index (χ0v) is 13.7. The highest BCUT2D eigenvalue weighted by atomic mass is 19.1. The molecule has 0 heterocycles. The number of amides is 2. The third-order valence-electron chi connectivity index (χ3n) is 3.35. The standard InChI is InChI=1S/C18H20FN3O2/c1-22(2)11-10-20-17(23)13-6-5-7-14(12-13)21-18(24)15-8-3-4-9-16(15)19/h3-9,12H,10-11H2,1-2H3,(H,20,23)(H,21,24). The summed E-state index contributed by atoms with van der Waals surface area (Å²) < 4.78 is 13.6. The van der Waals surface area contributed by atoms with E-state index in [2.05, 4.69) is 10.6 Å². The van der Waals surface area contributed by atoms with Crippen molar-refractivity contribution in [3.63, 3.8) is 0 Å². The van der Waals surface area contributed by atoms with Gasteiger partial charge in [-0.05, 0) is 44.4 Å². The Morgan fingerprint density at radius 2 is 1.79 bits per heavy atom. The van der Waals surface area contributed by atoms with E-state index < -0.39 is 11.7 Å². The summed E-state index contributed by atoms with van der Waals surface area (Å²) in [7, 11) is 3.84. The van der Waals surface area contributed by atoms with E-state index in [-0.39, 0.29) is 11.5 Å². The number of benzene rings is 2. The van der Waals surface area contributed by atoms with Crippen LogP contribution in [0.5, 0.6) is 0 Å². The summed E-state index contributed by atoms with van der Waals surface area (Å²) in [5, 5.41) is 5.40. The van der Waals surface area contributed by atoms with Crippen LogP contribution in [0.2, 0.25) is 0 Å². The van der Waals surface area contributed by atoms with Crippen molar-refractivity contribution in [1.29, 1.82) is 0 Å². The number of nitrogens with one attached hydrogen (secondary N) is 2. The van der Waals surface area contributed by atoms with Gasteiger partial charge in [-0.25, -0.2) is 4.39 Å². The average Bonchev–Trinajstić information content (AvgIpc) is 2.55. The Kier molecular flexibility index (Phi) is 6.03. The molecule has 5 nitrogen and oxygen atoms in total. The van der Waals surface area contributed by atoms with Crippen LogP contribution in [0, 0.1) is 5.82 Å². The monoisotopic (exact) mass is 329 g/mol. The first-order valence-electron chi connectivity index (χ1n) is 7.56. The van der Waals surface area contributed by atoms with Crippen LogP contribution in [-0.4, -0.2) is 43.9 Å². The molecule has 6 heteroatoms. The molecular formula is C18H20FN3O2. The molecule has 0 bridgehead atoms. The molecule has 0 spiro atoms. The summed E-state index contributed by atoms with van der Waals surface area (Å²) >= 11 is 0. The molecular weight excluding hydrogens is 309 g/mol. The summed E-state index contributed by atoms with van der Waals surface area (Å²) in [4.78, 5) is 26.2. The summed E-state index contributed by atoms with van der Waals surface area (Å²) in [5.41, 5.74) is 0.821. The number of nitrogens with zero attached hydrogens (tertiary/aromatic N) is 1. The van der Waals surface area contributed by atoms with Crippen molar-refractivity contribution in [2.24, 2.45) is 0 Å². The van der Waals surface area contributed by atoms with Crippen LogP contribution in [0.25, 0.3) is 0 Å². The Morgan fingerprint density at radius 3 is 2.50 bits per heavy atom. The van der Waals surface area contributed by atoms with Gasteiger partial charge in [0.1, 0.15) is 5.82 Å². The minimum atomic E-state index is -0.590. The van der Waals surface area contributed by atoms with Crippen LogP contribution in [0.15, 0.2) is 48.5 Å². The Hall–Kier alpha value is -2.73. The molecule has 2 amide bonds. The molecule has 0 radical (unpaired) electrons. The van der Waals surface area contributed by atoms with Crippen molar-refractivity contribution in [3.8, 4) is 0 Å². The molecule has 2 aromatic carbocycles. The third kappa shape index (κ3) is 4.89. The van der Waals surface area contributed by atoms with E-state index in [1.807, 2.05) is 19.0 Å². The predicted molar refractivity (Wildman–Crippen MR) is 91.7 cm³/mol. The molecule has 0 atom stereocenters. The van der Waals surface area contributed by atoms with Crippen molar-refractivity contribution in [3.05, 3.63) is 65.5 Å². The minimum absolute atomic E-state index is 0.0432. The number of carbonyl (C=O) groups is 2. The third-order valence-corrected chi connectivity index (χ3v) is 3.35. The van der Waals surface area contributed by atoms with Crippen molar-refractivity contribution < 1.29 is 14.0 Å². The highest BCUT2D eigenvalue weighted by Gasteiger charge is 2.12. The normalized spacial score (nSPS) is 10.5. The number of rotatable bonds is 6. The lowest BCUT2D eigenvalue weighted by atomic mass is 10.1. The fraction of sp³-hybridized carbons (Fsp3) is 0.222. The van der Waals surface area contributed by atoms with Gasteiger partial charge in [-0.2, -0.15) is 0 Å². The molecule has 0 aliphatic carbocycles. The quantitative estimate of drug-likeness (QED) is 0.855. The molecule has 126 valence electrons. The number of halogens is 1. The molecule has 0 saturated carbocycles. The van der Waals surface area contributed by atoms with Crippen molar-refractivity contribution >= 4 is 17.5 Å². The SMILES string of the molecule is CN(C)CCNC(=O)c1cccc(NC(=O)c2ccccc2F)c1. The highest BCUT2D eigenvalue weighted by Crippen LogP contribution is 2.14. The predicted octanol–water partition coefficient (Wildman–Crippen LogP) is 2.37. The molecule has 0 saturated heterocycles. The van der Waals surface area contributed by atoms with Gasteiger partial charge in [-0.1, -0.05) is 18.2 Å². The lowest BCUT2D eigenvalue weighted by molar-refractivity contribution is 0.0949. The van der Waals surface area contributed by atoms with Gasteiger partial charge in [0.2, 0.25) is 0 Å². The van der Waals surface area contributed by atoms with Gasteiger partial charge in [0.15, 0.2) is 0 Å². The molecule has 0 aliphatic heterocycles. The maximum atomic E-state index is 13.6. The lowest BCUT2D eigenvalue weighted by Gasteiger charge is -2.11. The van der Waals surface area contributed by atoms with E-state index in [1.165, 1.54) is 18.2 Å². The van der Waals surface area contributed by atoms with Gasteiger partial charge < -0.3 is 15.5 Å². The zero-order chi connectivity index (χ0) is 17.5. The molecule has 2 aromatic rings. The van der Waals surface area contributed by atoms with Gasteiger partial charge in [-0.3, -0.25) is 9.59 Å². The Morgan fingerprint density at radius 1 is 1.04 bits per heavy atom. The van der Waals surface area contributed by atoms with Crippen LogP contribution >= 0.6 is 0 Å². The van der Waals surface area contributed by atoms with Crippen molar-refractivity contribution in [1.82, 2.24) is 10.2 Å². The fourth-order valence-corrected chi connectivity index (χ4v) is 2.08.